The summed E-state index contributed by atoms with van der Waals surface area (Å²) in [6.45, 7) is 5.02. The van der Waals surface area contributed by atoms with Crippen molar-refractivity contribution in [1.82, 2.24) is 10.6 Å². The van der Waals surface area contributed by atoms with Gasteiger partial charge in [-0.3, -0.25) is 4.99 Å². The summed E-state index contributed by atoms with van der Waals surface area (Å²) in [5.74, 6) is 1.70. The quantitative estimate of drug-likeness (QED) is 0.551. The van der Waals surface area contributed by atoms with Gasteiger partial charge in [-0.15, -0.1) is 0 Å². The Kier molecular flexibility index (Phi) is 7.40. The van der Waals surface area contributed by atoms with Crippen LogP contribution in [0.5, 0.6) is 5.75 Å². The van der Waals surface area contributed by atoms with Crippen LogP contribution in [0.3, 0.4) is 0 Å². The van der Waals surface area contributed by atoms with E-state index >= 15 is 0 Å². The molecule has 0 aliphatic carbocycles. The summed E-state index contributed by atoms with van der Waals surface area (Å²) in [4.78, 5) is 4.39. The summed E-state index contributed by atoms with van der Waals surface area (Å²) < 4.78 is 11.4. The van der Waals surface area contributed by atoms with Crippen molar-refractivity contribution in [2.24, 2.45) is 4.99 Å². The van der Waals surface area contributed by atoms with Crippen molar-refractivity contribution in [2.45, 2.75) is 31.7 Å². The summed E-state index contributed by atoms with van der Waals surface area (Å²) in [6, 6.07) is 14.2. The molecule has 156 valence electrons. The number of rotatable bonds is 6. The molecule has 5 nitrogen and oxygen atoms in total. The summed E-state index contributed by atoms with van der Waals surface area (Å²) in [6.07, 6.45) is 1.87. The first-order valence-corrected chi connectivity index (χ1v) is 10.4. The minimum Gasteiger partial charge on any atom is -0.496 e. The molecule has 1 aliphatic heterocycles. The Balaban J connectivity index is 1.74. The number of hydrogen-bond acceptors (Lipinski definition) is 3. The molecule has 1 heterocycles. The second kappa shape index (κ2) is 9.99. The maximum absolute atomic E-state index is 6.09. The lowest BCUT2D eigenvalue weighted by atomic mass is 9.73. The first-order chi connectivity index (χ1) is 14.1. The summed E-state index contributed by atoms with van der Waals surface area (Å²) >= 11 is 6.09. The molecule has 0 saturated carbocycles. The Morgan fingerprint density at radius 1 is 1.17 bits per heavy atom. The van der Waals surface area contributed by atoms with Gasteiger partial charge >= 0.3 is 0 Å². The Hall–Kier alpha value is -2.24. The molecule has 6 heteroatoms. The minimum absolute atomic E-state index is 0.0662. The van der Waals surface area contributed by atoms with Gasteiger partial charge in [-0.05, 0) is 43.5 Å². The topological polar surface area (TPSA) is 54.9 Å². The fourth-order valence-corrected chi connectivity index (χ4v) is 4.06. The van der Waals surface area contributed by atoms with Crippen LogP contribution < -0.4 is 15.4 Å². The highest BCUT2D eigenvalue weighted by Gasteiger charge is 2.37. The van der Waals surface area contributed by atoms with Crippen molar-refractivity contribution in [2.75, 3.05) is 33.9 Å². The van der Waals surface area contributed by atoms with Crippen LogP contribution in [0.25, 0.3) is 0 Å². The van der Waals surface area contributed by atoms with Crippen molar-refractivity contribution < 1.29 is 9.47 Å². The third-order valence-electron chi connectivity index (χ3n) is 5.54. The molecule has 1 fully saturated rings. The number of aryl methyl sites for hydroxylation is 1. The van der Waals surface area contributed by atoms with E-state index in [0.717, 1.165) is 54.9 Å². The van der Waals surface area contributed by atoms with Gasteiger partial charge in [0.15, 0.2) is 5.96 Å². The molecule has 3 rings (SSSR count). The Morgan fingerprint density at radius 3 is 2.66 bits per heavy atom. The number of ether oxygens (including phenoxy) is 2. The van der Waals surface area contributed by atoms with Crippen molar-refractivity contribution in [3.63, 3.8) is 0 Å². The first-order valence-electron chi connectivity index (χ1n) is 9.98. The molecule has 0 radical (unpaired) electrons. The zero-order valence-electron chi connectivity index (χ0n) is 17.4. The van der Waals surface area contributed by atoms with E-state index in [1.807, 2.05) is 24.3 Å². The van der Waals surface area contributed by atoms with E-state index in [4.69, 9.17) is 21.1 Å². The van der Waals surface area contributed by atoms with Gasteiger partial charge in [-0.2, -0.15) is 0 Å². The van der Waals surface area contributed by atoms with E-state index < -0.39 is 0 Å². The van der Waals surface area contributed by atoms with Gasteiger partial charge in [0.1, 0.15) is 5.75 Å². The molecular weight excluding hydrogens is 386 g/mol. The monoisotopic (exact) mass is 415 g/mol. The van der Waals surface area contributed by atoms with Crippen LogP contribution >= 0.6 is 11.6 Å². The van der Waals surface area contributed by atoms with Gasteiger partial charge in [-0.1, -0.05) is 41.4 Å². The Morgan fingerprint density at radius 2 is 1.97 bits per heavy atom. The van der Waals surface area contributed by atoms with Gasteiger partial charge < -0.3 is 20.1 Å². The molecule has 1 aliphatic rings. The zero-order valence-corrected chi connectivity index (χ0v) is 18.2. The number of halogens is 1. The van der Waals surface area contributed by atoms with E-state index in [1.165, 1.54) is 11.1 Å². The fourth-order valence-electron chi connectivity index (χ4n) is 3.85. The Bertz CT molecular complexity index is 848. The van der Waals surface area contributed by atoms with Gasteiger partial charge in [0.05, 0.1) is 7.11 Å². The lowest BCUT2D eigenvalue weighted by molar-refractivity contribution is 0.0505. The summed E-state index contributed by atoms with van der Waals surface area (Å²) in [5, 5.41) is 7.64. The number of benzene rings is 2. The average Bonchev–Trinajstić information content (AvgIpc) is 2.74. The molecule has 2 N–H and O–H groups in total. The number of nitrogens with zero attached hydrogens (tertiary/aromatic N) is 1. The number of methoxy groups -OCH3 is 1. The highest BCUT2D eigenvalue weighted by Crippen LogP contribution is 2.40. The van der Waals surface area contributed by atoms with E-state index in [9.17, 15) is 0 Å². The lowest BCUT2D eigenvalue weighted by Crippen LogP contribution is -2.48. The Labute approximate surface area is 178 Å². The van der Waals surface area contributed by atoms with Crippen LogP contribution in [0, 0.1) is 6.92 Å². The highest BCUT2D eigenvalue weighted by atomic mass is 35.5. The van der Waals surface area contributed by atoms with Crippen molar-refractivity contribution in [3.8, 4) is 5.75 Å². The molecule has 29 heavy (non-hydrogen) atoms. The molecule has 0 bridgehead atoms. The molecular formula is C23H30ClN3O2. The largest absolute Gasteiger partial charge is 0.496 e. The predicted molar refractivity (Wildman–Crippen MR) is 119 cm³/mol. The van der Waals surface area contributed by atoms with Crippen molar-refractivity contribution in [1.29, 1.82) is 0 Å². The maximum Gasteiger partial charge on any atom is 0.191 e. The lowest BCUT2D eigenvalue weighted by Gasteiger charge is -2.39. The van der Waals surface area contributed by atoms with Crippen molar-refractivity contribution >= 4 is 17.6 Å². The number of aliphatic imine (C=N–C) groups is 1. The molecule has 2 aromatic rings. The normalized spacial score (nSPS) is 16.3. The second-order valence-corrected chi connectivity index (χ2v) is 7.94. The van der Waals surface area contributed by atoms with Gasteiger partial charge in [0, 0.05) is 49.4 Å². The average molecular weight is 416 g/mol. The van der Waals surface area contributed by atoms with E-state index in [-0.39, 0.29) is 5.41 Å². The minimum atomic E-state index is -0.0662. The van der Waals surface area contributed by atoms with E-state index in [1.54, 1.807) is 14.2 Å². The van der Waals surface area contributed by atoms with Crippen LogP contribution in [0.15, 0.2) is 47.5 Å². The van der Waals surface area contributed by atoms with Crippen LogP contribution in [0.1, 0.15) is 29.5 Å². The van der Waals surface area contributed by atoms with E-state index in [2.05, 4.69) is 40.7 Å². The third kappa shape index (κ3) is 5.43. The molecule has 0 aromatic heterocycles. The fraction of sp³-hybridized carbons (Fsp3) is 0.435. The van der Waals surface area contributed by atoms with E-state index in [0.29, 0.717) is 6.54 Å². The number of hydrogen-bond donors (Lipinski definition) is 2. The highest BCUT2D eigenvalue weighted by molar-refractivity contribution is 6.30. The van der Waals surface area contributed by atoms with Crippen LogP contribution in [0.2, 0.25) is 5.02 Å². The third-order valence-corrected chi connectivity index (χ3v) is 5.78. The molecule has 0 unspecified atom stereocenters. The van der Waals surface area contributed by atoms with Crippen LogP contribution in [-0.2, 0) is 16.7 Å². The van der Waals surface area contributed by atoms with Crippen LogP contribution in [0.4, 0.5) is 0 Å². The zero-order chi connectivity index (χ0) is 20.7. The van der Waals surface area contributed by atoms with Gasteiger partial charge in [0.2, 0.25) is 0 Å². The first kappa shape index (κ1) is 21.5. The van der Waals surface area contributed by atoms with Gasteiger partial charge in [-0.25, -0.2) is 0 Å². The second-order valence-electron chi connectivity index (χ2n) is 7.51. The predicted octanol–water partition coefficient (Wildman–Crippen LogP) is 4.07. The molecule has 0 atom stereocenters. The molecule has 0 amide bonds. The standard InChI is InChI=1S/C23H30ClN3O2/c1-17-7-8-21(28-3)20(13-17)23(9-11-29-12-10-23)16-27-22(25-2)26-15-18-5-4-6-19(24)14-18/h4-8,13-14H,9-12,15-16H2,1-3H3,(H2,25,26,27). The van der Waals surface area contributed by atoms with Crippen LogP contribution in [-0.4, -0.2) is 39.9 Å². The number of nitrogens with one attached hydrogen (secondary N) is 2. The molecule has 1 saturated heterocycles. The molecule has 0 spiro atoms. The maximum atomic E-state index is 6.09. The smallest absolute Gasteiger partial charge is 0.191 e. The van der Waals surface area contributed by atoms with Gasteiger partial charge in [0.25, 0.3) is 0 Å². The van der Waals surface area contributed by atoms with Crippen molar-refractivity contribution in [3.05, 3.63) is 64.2 Å². The summed E-state index contributed by atoms with van der Waals surface area (Å²) in [7, 11) is 3.53. The molecule has 2 aromatic carbocycles. The number of guanidine groups is 1. The SMILES string of the molecule is CN=C(NCc1cccc(Cl)c1)NCC1(c2cc(C)ccc2OC)CCOCC1. The summed E-state index contributed by atoms with van der Waals surface area (Å²) in [5.41, 5.74) is 3.52.